The van der Waals surface area contributed by atoms with E-state index in [0.29, 0.717) is 31.2 Å². The summed E-state index contributed by atoms with van der Waals surface area (Å²) >= 11 is 0. The molecule has 0 aliphatic carbocycles. The molecule has 0 aliphatic heterocycles. The van der Waals surface area contributed by atoms with Crippen molar-refractivity contribution in [1.29, 1.82) is 0 Å². The summed E-state index contributed by atoms with van der Waals surface area (Å²) in [5.74, 6) is 0.812. The highest BCUT2D eigenvalue weighted by Crippen LogP contribution is 2.15. The van der Waals surface area contributed by atoms with Gasteiger partial charge in [-0.1, -0.05) is 13.0 Å². The van der Waals surface area contributed by atoms with E-state index >= 15 is 0 Å². The van der Waals surface area contributed by atoms with Gasteiger partial charge < -0.3 is 15.4 Å². The first-order valence-corrected chi connectivity index (χ1v) is 7.70. The Morgan fingerprint density at radius 3 is 2.70 bits per heavy atom. The number of halogens is 3. The monoisotopic (exact) mass is 441 g/mol. The first-order valence-electron chi connectivity index (χ1n) is 7.70. The quantitative estimate of drug-likeness (QED) is 0.267. The van der Waals surface area contributed by atoms with Gasteiger partial charge in [0.1, 0.15) is 17.7 Å². The van der Waals surface area contributed by atoms with Crippen LogP contribution in [0.4, 0.5) is 8.78 Å². The Hall–Kier alpha value is -1.12. The van der Waals surface area contributed by atoms with E-state index in [1.807, 2.05) is 13.8 Å². The van der Waals surface area contributed by atoms with Gasteiger partial charge >= 0.3 is 0 Å². The van der Waals surface area contributed by atoms with Crippen LogP contribution in [0.2, 0.25) is 0 Å². The number of nitrogens with one attached hydrogen (secondary N) is 2. The minimum atomic E-state index is -0.354. The zero-order valence-electron chi connectivity index (χ0n) is 13.6. The number of hydrogen-bond donors (Lipinski definition) is 2. The zero-order valence-corrected chi connectivity index (χ0v) is 16.0. The Morgan fingerprint density at radius 2 is 2.09 bits per heavy atom. The van der Waals surface area contributed by atoms with Gasteiger partial charge in [0.2, 0.25) is 0 Å². The number of hydrogen-bond acceptors (Lipinski definition) is 2. The first-order chi connectivity index (χ1) is 10.7. The largest absolute Gasteiger partial charge is 0.488 e. The second-order valence-electron chi connectivity index (χ2n) is 4.79. The molecule has 0 fully saturated rings. The van der Waals surface area contributed by atoms with Crippen molar-refractivity contribution in [3.63, 3.8) is 0 Å². The summed E-state index contributed by atoms with van der Waals surface area (Å²) < 4.78 is 31.0. The smallest absolute Gasteiger partial charge is 0.191 e. The predicted octanol–water partition coefficient (Wildman–Crippen LogP) is 3.52. The highest BCUT2D eigenvalue weighted by atomic mass is 127. The number of nitrogens with zero attached hydrogens (tertiary/aromatic N) is 1. The van der Waals surface area contributed by atoms with Crippen LogP contribution in [0.15, 0.2) is 29.3 Å². The van der Waals surface area contributed by atoms with Gasteiger partial charge in [0.25, 0.3) is 0 Å². The molecule has 4 nitrogen and oxygen atoms in total. The third-order valence-corrected chi connectivity index (χ3v) is 2.95. The number of guanidine groups is 1. The van der Waals surface area contributed by atoms with Crippen LogP contribution in [-0.2, 0) is 0 Å². The first kappa shape index (κ1) is 21.9. The highest BCUT2D eigenvalue weighted by Gasteiger charge is 2.09. The Morgan fingerprint density at radius 1 is 1.30 bits per heavy atom. The maximum absolute atomic E-state index is 13.2. The fourth-order valence-corrected chi connectivity index (χ4v) is 1.79. The Labute approximate surface area is 154 Å². The SMILES string of the molecule is CCNC(=NCC(CC)Oc1cccc(F)c1)NCCCF.I. The van der Waals surface area contributed by atoms with Crippen molar-refractivity contribution in [2.45, 2.75) is 32.8 Å². The van der Waals surface area contributed by atoms with Crippen molar-refractivity contribution in [2.24, 2.45) is 4.99 Å². The third-order valence-electron chi connectivity index (χ3n) is 2.95. The lowest BCUT2D eigenvalue weighted by molar-refractivity contribution is 0.205. The summed E-state index contributed by atoms with van der Waals surface area (Å²) in [6.07, 6.45) is 1.06. The topological polar surface area (TPSA) is 45.7 Å². The lowest BCUT2D eigenvalue weighted by Crippen LogP contribution is -2.38. The summed E-state index contributed by atoms with van der Waals surface area (Å²) in [7, 11) is 0. The Balaban J connectivity index is 0.00000484. The van der Waals surface area contributed by atoms with Crippen LogP contribution in [-0.4, -0.2) is 38.4 Å². The fraction of sp³-hybridized carbons (Fsp3) is 0.562. The molecule has 0 aromatic heterocycles. The molecule has 0 saturated heterocycles. The second kappa shape index (κ2) is 13.3. The van der Waals surface area contributed by atoms with Gasteiger partial charge in [0.15, 0.2) is 5.96 Å². The molecule has 1 aromatic carbocycles. The molecule has 0 radical (unpaired) electrons. The van der Waals surface area contributed by atoms with E-state index in [0.717, 1.165) is 13.0 Å². The van der Waals surface area contributed by atoms with E-state index in [2.05, 4.69) is 15.6 Å². The molecular formula is C16H26F2IN3O. The molecule has 0 amide bonds. The number of ether oxygens (including phenoxy) is 1. The van der Waals surface area contributed by atoms with Crippen LogP contribution < -0.4 is 15.4 Å². The molecule has 0 aliphatic rings. The minimum Gasteiger partial charge on any atom is -0.488 e. The van der Waals surface area contributed by atoms with E-state index in [1.54, 1.807) is 12.1 Å². The molecule has 132 valence electrons. The number of aliphatic imine (C=N–C) groups is 1. The van der Waals surface area contributed by atoms with Crippen LogP contribution >= 0.6 is 24.0 Å². The van der Waals surface area contributed by atoms with Gasteiger partial charge in [-0.15, -0.1) is 24.0 Å². The molecule has 1 rings (SSSR count). The van der Waals surface area contributed by atoms with Crippen LogP contribution in [0.5, 0.6) is 5.75 Å². The lowest BCUT2D eigenvalue weighted by Gasteiger charge is -2.17. The summed E-state index contributed by atoms with van der Waals surface area (Å²) in [6.45, 7) is 5.30. The summed E-state index contributed by atoms with van der Waals surface area (Å²) in [5.41, 5.74) is 0. The van der Waals surface area contributed by atoms with Gasteiger partial charge in [0.05, 0.1) is 13.2 Å². The summed E-state index contributed by atoms with van der Waals surface area (Å²) in [4.78, 5) is 4.43. The van der Waals surface area contributed by atoms with Gasteiger partial charge in [0, 0.05) is 19.2 Å². The molecular weight excluding hydrogens is 415 g/mol. The number of rotatable bonds is 9. The minimum absolute atomic E-state index is 0. The van der Waals surface area contributed by atoms with E-state index in [-0.39, 0.29) is 42.6 Å². The van der Waals surface area contributed by atoms with Gasteiger partial charge in [-0.25, -0.2) is 9.38 Å². The van der Waals surface area contributed by atoms with Gasteiger partial charge in [-0.05, 0) is 31.9 Å². The normalized spacial score (nSPS) is 12.3. The van der Waals surface area contributed by atoms with Crippen molar-refractivity contribution in [3.8, 4) is 5.75 Å². The molecule has 2 N–H and O–H groups in total. The average molecular weight is 441 g/mol. The van der Waals surface area contributed by atoms with Gasteiger partial charge in [-0.3, -0.25) is 4.39 Å². The fourth-order valence-electron chi connectivity index (χ4n) is 1.79. The standard InChI is InChI=1S/C16H25F2N3O.HI/c1-3-14(22-15-8-5-7-13(18)11-15)12-21-16(19-4-2)20-10-6-9-17;/h5,7-8,11,14H,3-4,6,9-10,12H2,1-2H3,(H2,19,20,21);1H. The van der Waals surface area contributed by atoms with E-state index in [9.17, 15) is 8.78 Å². The van der Waals surface area contributed by atoms with E-state index in [1.165, 1.54) is 12.1 Å². The Bertz CT molecular complexity index is 461. The average Bonchev–Trinajstić information content (AvgIpc) is 2.51. The summed E-state index contributed by atoms with van der Waals surface area (Å²) in [6, 6.07) is 6.07. The zero-order chi connectivity index (χ0) is 16.2. The Kier molecular flexibility index (Phi) is 12.7. The van der Waals surface area contributed by atoms with Crippen LogP contribution in [0, 0.1) is 5.82 Å². The summed E-state index contributed by atoms with van der Waals surface area (Å²) in [5, 5.41) is 6.15. The van der Waals surface area contributed by atoms with Crippen molar-refractivity contribution < 1.29 is 13.5 Å². The maximum atomic E-state index is 13.2. The molecule has 1 unspecified atom stereocenters. The van der Waals surface area contributed by atoms with Crippen LogP contribution in [0.3, 0.4) is 0 Å². The van der Waals surface area contributed by atoms with E-state index < -0.39 is 0 Å². The molecule has 1 aromatic rings. The second-order valence-corrected chi connectivity index (χ2v) is 4.79. The molecule has 0 spiro atoms. The molecule has 23 heavy (non-hydrogen) atoms. The van der Waals surface area contributed by atoms with Crippen molar-refractivity contribution in [3.05, 3.63) is 30.1 Å². The van der Waals surface area contributed by atoms with E-state index in [4.69, 9.17) is 4.74 Å². The lowest BCUT2D eigenvalue weighted by atomic mass is 10.2. The van der Waals surface area contributed by atoms with Crippen molar-refractivity contribution in [2.75, 3.05) is 26.3 Å². The highest BCUT2D eigenvalue weighted by molar-refractivity contribution is 14.0. The van der Waals surface area contributed by atoms with Crippen LogP contribution in [0.25, 0.3) is 0 Å². The molecule has 7 heteroatoms. The number of alkyl halides is 1. The predicted molar refractivity (Wildman–Crippen MR) is 101 cm³/mol. The van der Waals surface area contributed by atoms with Crippen molar-refractivity contribution >= 4 is 29.9 Å². The molecule has 0 saturated carbocycles. The number of benzene rings is 1. The van der Waals surface area contributed by atoms with Crippen molar-refractivity contribution in [1.82, 2.24) is 10.6 Å². The maximum Gasteiger partial charge on any atom is 0.191 e. The third kappa shape index (κ3) is 9.58. The van der Waals surface area contributed by atoms with Gasteiger partial charge in [-0.2, -0.15) is 0 Å². The molecule has 0 heterocycles. The molecule has 1 atom stereocenters. The molecule has 0 bridgehead atoms. The van der Waals surface area contributed by atoms with Crippen LogP contribution in [0.1, 0.15) is 26.7 Å².